The van der Waals surface area contributed by atoms with E-state index in [0.717, 1.165) is 0 Å². The zero-order valence-electron chi connectivity index (χ0n) is 9.77. The van der Waals surface area contributed by atoms with Crippen molar-refractivity contribution in [3.8, 4) is 0 Å². The Labute approximate surface area is 110 Å². The maximum absolute atomic E-state index is 12.0. The lowest BCUT2D eigenvalue weighted by molar-refractivity contribution is -0.193. The summed E-state index contributed by atoms with van der Waals surface area (Å²) < 4.78 is 39.7. The van der Waals surface area contributed by atoms with Crippen molar-refractivity contribution in [3.63, 3.8) is 0 Å². The summed E-state index contributed by atoms with van der Waals surface area (Å²) in [6, 6.07) is 5.52. The Morgan fingerprint density at radius 3 is 2.55 bits per heavy atom. The Hall–Kier alpha value is -2.64. The number of esters is 2. The minimum Gasteiger partial charge on any atom is -0.383 e. The molecule has 20 heavy (non-hydrogen) atoms. The molecule has 0 amide bonds. The number of alkyl halides is 3. The smallest absolute Gasteiger partial charge is 0.383 e. The molecule has 5 nitrogen and oxygen atoms in total. The number of hydrogen-bond acceptors (Lipinski definition) is 5. The van der Waals surface area contributed by atoms with Crippen molar-refractivity contribution in [1.82, 2.24) is 4.98 Å². The number of anilines is 1. The van der Waals surface area contributed by atoms with E-state index in [0.29, 0.717) is 10.8 Å². The first-order valence-corrected chi connectivity index (χ1v) is 5.26. The largest absolute Gasteiger partial charge is 0.491 e. The monoisotopic (exact) mass is 284 g/mol. The molecule has 2 rings (SSSR count). The van der Waals surface area contributed by atoms with Gasteiger partial charge in [0.25, 0.3) is 0 Å². The number of benzene rings is 1. The molecular formula is C12H7F3N2O3. The summed E-state index contributed by atoms with van der Waals surface area (Å²) in [5.41, 5.74) is 5.36. The van der Waals surface area contributed by atoms with E-state index in [4.69, 9.17) is 5.73 Å². The van der Waals surface area contributed by atoms with Crippen molar-refractivity contribution in [2.24, 2.45) is 0 Å². The Kier molecular flexibility index (Phi) is 3.31. The predicted molar refractivity (Wildman–Crippen MR) is 62.6 cm³/mol. The molecule has 0 saturated carbocycles. The molecule has 0 spiro atoms. The van der Waals surface area contributed by atoms with Crippen LogP contribution in [-0.2, 0) is 9.53 Å². The van der Waals surface area contributed by atoms with Crippen LogP contribution >= 0.6 is 0 Å². The van der Waals surface area contributed by atoms with Crippen LogP contribution in [0.3, 0.4) is 0 Å². The minimum atomic E-state index is -5.23. The van der Waals surface area contributed by atoms with Gasteiger partial charge in [-0.25, -0.2) is 14.6 Å². The van der Waals surface area contributed by atoms with Gasteiger partial charge in [-0.05, 0) is 23.6 Å². The van der Waals surface area contributed by atoms with E-state index in [9.17, 15) is 22.8 Å². The second-order valence-corrected chi connectivity index (χ2v) is 3.81. The number of halogens is 3. The number of carbonyl (C=O) groups is 2. The fourth-order valence-corrected chi connectivity index (χ4v) is 1.52. The highest BCUT2D eigenvalue weighted by Gasteiger charge is 2.42. The van der Waals surface area contributed by atoms with Crippen LogP contribution in [0.4, 0.5) is 19.0 Å². The third-order valence-electron chi connectivity index (χ3n) is 2.45. The molecule has 8 heteroatoms. The van der Waals surface area contributed by atoms with Gasteiger partial charge in [-0.15, -0.1) is 0 Å². The summed E-state index contributed by atoms with van der Waals surface area (Å²) in [6.07, 6.45) is -3.78. The number of fused-ring (bicyclic) bond motifs is 1. The zero-order valence-corrected chi connectivity index (χ0v) is 9.77. The maximum Gasteiger partial charge on any atom is 0.491 e. The number of nitrogen functional groups attached to an aromatic ring is 1. The molecule has 2 aromatic rings. The van der Waals surface area contributed by atoms with E-state index in [1.54, 1.807) is 6.07 Å². The normalized spacial score (nSPS) is 11.3. The van der Waals surface area contributed by atoms with Gasteiger partial charge in [-0.2, -0.15) is 13.2 Å². The minimum absolute atomic E-state index is 0.110. The first kappa shape index (κ1) is 13.8. The van der Waals surface area contributed by atoms with Crippen LogP contribution in [0.15, 0.2) is 30.5 Å². The Morgan fingerprint density at radius 2 is 1.90 bits per heavy atom. The van der Waals surface area contributed by atoms with Gasteiger partial charge in [0.1, 0.15) is 5.82 Å². The quantitative estimate of drug-likeness (QED) is 0.640. The first-order valence-electron chi connectivity index (χ1n) is 5.26. The third kappa shape index (κ3) is 2.68. The van der Waals surface area contributed by atoms with Gasteiger partial charge in [0.15, 0.2) is 0 Å². The predicted octanol–water partition coefficient (Wildman–Crippen LogP) is 2.06. The number of carbonyl (C=O) groups excluding carboxylic acids is 2. The summed E-state index contributed by atoms with van der Waals surface area (Å²) in [7, 11) is 0. The summed E-state index contributed by atoms with van der Waals surface area (Å²) in [4.78, 5) is 25.8. The van der Waals surface area contributed by atoms with Crippen molar-refractivity contribution in [2.75, 3.05) is 5.73 Å². The molecule has 0 aliphatic rings. The van der Waals surface area contributed by atoms with Crippen LogP contribution in [-0.4, -0.2) is 23.1 Å². The third-order valence-corrected chi connectivity index (χ3v) is 2.45. The highest BCUT2D eigenvalue weighted by atomic mass is 19.4. The summed E-state index contributed by atoms with van der Waals surface area (Å²) in [5.74, 6) is -3.86. The topological polar surface area (TPSA) is 82.3 Å². The van der Waals surface area contributed by atoms with E-state index >= 15 is 0 Å². The summed E-state index contributed by atoms with van der Waals surface area (Å²) in [6.45, 7) is 0. The van der Waals surface area contributed by atoms with Crippen LogP contribution in [0.2, 0.25) is 0 Å². The highest BCUT2D eigenvalue weighted by Crippen LogP contribution is 2.22. The van der Waals surface area contributed by atoms with E-state index < -0.39 is 18.1 Å². The lowest BCUT2D eigenvalue weighted by Crippen LogP contribution is -2.28. The fraction of sp³-hybridized carbons (Fsp3) is 0.0833. The molecule has 1 heterocycles. The average molecular weight is 284 g/mol. The molecule has 0 radical (unpaired) electrons. The molecule has 0 aliphatic carbocycles. The molecule has 2 N–H and O–H groups in total. The van der Waals surface area contributed by atoms with Crippen molar-refractivity contribution >= 4 is 28.5 Å². The average Bonchev–Trinajstić information content (AvgIpc) is 2.37. The molecule has 0 unspecified atom stereocenters. The molecular weight excluding hydrogens is 277 g/mol. The van der Waals surface area contributed by atoms with Crippen LogP contribution in [0.5, 0.6) is 0 Å². The van der Waals surface area contributed by atoms with Gasteiger partial charge >= 0.3 is 18.1 Å². The lowest BCUT2D eigenvalue weighted by Gasteiger charge is -2.07. The first-order chi connectivity index (χ1) is 9.29. The van der Waals surface area contributed by atoms with Gasteiger partial charge in [-0.1, -0.05) is 6.07 Å². The van der Waals surface area contributed by atoms with Crippen LogP contribution < -0.4 is 5.73 Å². The van der Waals surface area contributed by atoms with E-state index in [1.807, 2.05) is 0 Å². The lowest BCUT2D eigenvalue weighted by atomic mass is 10.1. The summed E-state index contributed by atoms with van der Waals surface area (Å²) >= 11 is 0. The van der Waals surface area contributed by atoms with Crippen LogP contribution in [0.25, 0.3) is 10.8 Å². The number of nitrogens with two attached hydrogens (primary N) is 1. The number of pyridine rings is 1. The van der Waals surface area contributed by atoms with Crippen molar-refractivity contribution in [2.45, 2.75) is 6.18 Å². The molecule has 104 valence electrons. The molecule has 0 atom stereocenters. The van der Waals surface area contributed by atoms with Crippen molar-refractivity contribution < 1.29 is 27.5 Å². The Balaban J connectivity index is 2.32. The molecule has 0 saturated heterocycles. The number of hydrogen-bond donors (Lipinski definition) is 1. The van der Waals surface area contributed by atoms with Gasteiger partial charge < -0.3 is 10.5 Å². The number of nitrogens with zero attached hydrogens (tertiary/aromatic N) is 1. The molecule has 0 bridgehead atoms. The second kappa shape index (κ2) is 4.80. The van der Waals surface area contributed by atoms with Gasteiger partial charge in [0.2, 0.25) is 0 Å². The SMILES string of the molecule is Nc1nccc2ccc(C(=O)OC(=O)C(F)(F)F)cc12. The van der Waals surface area contributed by atoms with Crippen molar-refractivity contribution in [1.29, 1.82) is 0 Å². The fourth-order valence-electron chi connectivity index (χ4n) is 1.52. The van der Waals surface area contributed by atoms with Gasteiger partial charge in [0.05, 0.1) is 5.56 Å². The molecule has 1 aromatic carbocycles. The highest BCUT2D eigenvalue weighted by molar-refractivity contribution is 6.02. The number of rotatable bonds is 1. The molecule has 1 aromatic heterocycles. The van der Waals surface area contributed by atoms with E-state index in [1.165, 1.54) is 24.4 Å². The van der Waals surface area contributed by atoms with E-state index in [-0.39, 0.29) is 11.4 Å². The maximum atomic E-state index is 12.0. The summed E-state index contributed by atoms with van der Waals surface area (Å²) in [5, 5.41) is 1.03. The van der Waals surface area contributed by atoms with Crippen LogP contribution in [0, 0.1) is 0 Å². The standard InChI is InChI=1S/C12H7F3N2O3/c13-12(14,15)11(19)20-10(18)7-2-1-6-3-4-17-9(16)8(6)5-7/h1-5H,(H2,16,17). The van der Waals surface area contributed by atoms with E-state index in [2.05, 4.69) is 9.72 Å². The number of ether oxygens (including phenoxy) is 1. The number of aromatic nitrogens is 1. The van der Waals surface area contributed by atoms with Gasteiger partial charge in [0, 0.05) is 11.6 Å². The van der Waals surface area contributed by atoms with Gasteiger partial charge in [-0.3, -0.25) is 0 Å². The Bertz CT molecular complexity index is 698. The second-order valence-electron chi connectivity index (χ2n) is 3.81. The Morgan fingerprint density at radius 1 is 1.20 bits per heavy atom. The van der Waals surface area contributed by atoms with Crippen LogP contribution in [0.1, 0.15) is 10.4 Å². The molecule has 0 fully saturated rings. The van der Waals surface area contributed by atoms with Crippen molar-refractivity contribution in [3.05, 3.63) is 36.0 Å². The zero-order chi connectivity index (χ0) is 14.9. The molecule has 0 aliphatic heterocycles.